The maximum Gasteiger partial charge on any atom is 0.246 e. The van der Waals surface area contributed by atoms with Gasteiger partial charge in [0.1, 0.15) is 6.04 Å². The van der Waals surface area contributed by atoms with Crippen LogP contribution in [0, 0.1) is 0 Å². The molecule has 0 spiro atoms. The maximum absolute atomic E-state index is 13.0. The number of likely N-dealkylation sites (tertiary alicyclic amines) is 1. The Bertz CT molecular complexity index is 843. The van der Waals surface area contributed by atoms with Crippen LogP contribution < -0.4 is 10.6 Å². The van der Waals surface area contributed by atoms with Gasteiger partial charge in [0.2, 0.25) is 11.8 Å². The van der Waals surface area contributed by atoms with E-state index in [0.717, 1.165) is 51.0 Å². The average molecular weight is 437 g/mol. The lowest BCUT2D eigenvalue weighted by Crippen LogP contribution is -2.51. The predicted octanol–water partition coefficient (Wildman–Crippen LogP) is 2.97. The summed E-state index contributed by atoms with van der Waals surface area (Å²) in [6, 6.07) is 19.6. The molecule has 3 rings (SSSR count). The summed E-state index contributed by atoms with van der Waals surface area (Å²) in [7, 11) is 1.59. The number of amides is 2. The Morgan fingerprint density at radius 3 is 2.44 bits per heavy atom. The molecule has 172 valence electrons. The third-order valence-electron chi connectivity index (χ3n) is 6.05. The van der Waals surface area contributed by atoms with Crippen LogP contribution in [0.5, 0.6) is 0 Å². The van der Waals surface area contributed by atoms with Crippen LogP contribution in [0.1, 0.15) is 43.4 Å². The van der Waals surface area contributed by atoms with E-state index < -0.39 is 6.04 Å². The maximum atomic E-state index is 13.0. The average Bonchev–Trinajstić information content (AvgIpc) is 2.83. The predicted molar refractivity (Wildman–Crippen MR) is 128 cm³/mol. The first kappa shape index (κ1) is 24.0. The summed E-state index contributed by atoms with van der Waals surface area (Å²) < 4.78 is 0. The van der Waals surface area contributed by atoms with E-state index in [0.29, 0.717) is 12.6 Å². The standard InChI is InChI=1S/C26H36N4O2/c1-3-16-30(23-15-10-17-29(19-23)18-21-11-6-4-7-12-21)20-24(31)28-25(26(32)27-2)22-13-8-5-9-14-22/h4-9,11-14,23,25H,3,10,15-20H2,1-2H3,(H,27,32)(H,28,31). The van der Waals surface area contributed by atoms with Crippen LogP contribution in [-0.2, 0) is 16.1 Å². The molecule has 2 N–H and O–H groups in total. The summed E-state index contributed by atoms with van der Waals surface area (Å²) in [6.45, 7) is 6.30. The van der Waals surface area contributed by atoms with Gasteiger partial charge in [-0.1, -0.05) is 67.6 Å². The first-order valence-corrected chi connectivity index (χ1v) is 11.7. The quantitative estimate of drug-likeness (QED) is 0.601. The Kier molecular flexibility index (Phi) is 9.26. The van der Waals surface area contributed by atoms with Crippen LogP contribution >= 0.6 is 0 Å². The van der Waals surface area contributed by atoms with Gasteiger partial charge in [-0.25, -0.2) is 0 Å². The van der Waals surface area contributed by atoms with Gasteiger partial charge in [0.05, 0.1) is 6.54 Å². The minimum Gasteiger partial charge on any atom is -0.357 e. The molecule has 1 heterocycles. The third-order valence-corrected chi connectivity index (χ3v) is 6.05. The van der Waals surface area contributed by atoms with Gasteiger partial charge in [0, 0.05) is 26.2 Å². The highest BCUT2D eigenvalue weighted by molar-refractivity contribution is 5.89. The molecule has 2 aromatic rings. The van der Waals surface area contributed by atoms with E-state index in [1.54, 1.807) is 7.05 Å². The molecule has 0 bridgehead atoms. The topological polar surface area (TPSA) is 64.7 Å². The number of benzene rings is 2. The lowest BCUT2D eigenvalue weighted by Gasteiger charge is -2.39. The molecule has 1 aliphatic rings. The monoisotopic (exact) mass is 436 g/mol. The van der Waals surface area contributed by atoms with Crippen molar-refractivity contribution in [2.45, 2.75) is 44.8 Å². The van der Waals surface area contributed by atoms with Crippen molar-refractivity contribution in [3.63, 3.8) is 0 Å². The number of carbonyl (C=O) groups excluding carboxylic acids is 2. The number of piperidine rings is 1. The number of likely N-dealkylation sites (N-methyl/N-ethyl adjacent to an activating group) is 1. The summed E-state index contributed by atoms with van der Waals surface area (Å²) in [5, 5.41) is 5.62. The molecule has 32 heavy (non-hydrogen) atoms. The largest absolute Gasteiger partial charge is 0.357 e. The highest BCUT2D eigenvalue weighted by atomic mass is 16.2. The molecule has 1 aliphatic heterocycles. The van der Waals surface area contributed by atoms with Crippen LogP contribution in [0.15, 0.2) is 60.7 Å². The summed E-state index contributed by atoms with van der Waals surface area (Å²) in [5.74, 6) is -0.325. The smallest absolute Gasteiger partial charge is 0.246 e. The van der Waals surface area contributed by atoms with Gasteiger partial charge in [0.25, 0.3) is 0 Å². The molecule has 1 saturated heterocycles. The van der Waals surface area contributed by atoms with Gasteiger partial charge in [-0.05, 0) is 43.5 Å². The zero-order chi connectivity index (χ0) is 22.8. The van der Waals surface area contributed by atoms with Crippen molar-refractivity contribution in [2.24, 2.45) is 0 Å². The summed E-state index contributed by atoms with van der Waals surface area (Å²) in [6.07, 6.45) is 3.21. The van der Waals surface area contributed by atoms with Crippen LogP contribution in [0.2, 0.25) is 0 Å². The summed E-state index contributed by atoms with van der Waals surface area (Å²) in [5.41, 5.74) is 2.11. The van der Waals surface area contributed by atoms with Gasteiger partial charge in [-0.15, -0.1) is 0 Å². The van der Waals surface area contributed by atoms with E-state index in [1.807, 2.05) is 36.4 Å². The van der Waals surface area contributed by atoms with Crippen LogP contribution in [0.4, 0.5) is 0 Å². The van der Waals surface area contributed by atoms with Crippen LogP contribution in [0.3, 0.4) is 0 Å². The van der Waals surface area contributed by atoms with E-state index in [4.69, 9.17) is 0 Å². The van der Waals surface area contributed by atoms with Crippen molar-refractivity contribution < 1.29 is 9.59 Å². The molecule has 0 aliphatic carbocycles. The molecule has 2 aromatic carbocycles. The fourth-order valence-corrected chi connectivity index (χ4v) is 4.47. The molecule has 1 fully saturated rings. The van der Waals surface area contributed by atoms with Gasteiger partial charge in [-0.2, -0.15) is 0 Å². The van der Waals surface area contributed by atoms with Crippen molar-refractivity contribution in [2.75, 3.05) is 33.2 Å². The van der Waals surface area contributed by atoms with Crippen molar-refractivity contribution >= 4 is 11.8 Å². The lowest BCUT2D eigenvalue weighted by molar-refractivity contribution is -0.130. The Morgan fingerprint density at radius 1 is 1.09 bits per heavy atom. The Morgan fingerprint density at radius 2 is 1.78 bits per heavy atom. The molecule has 0 saturated carbocycles. The fourth-order valence-electron chi connectivity index (χ4n) is 4.47. The van der Waals surface area contributed by atoms with Gasteiger partial charge in [-0.3, -0.25) is 19.4 Å². The summed E-state index contributed by atoms with van der Waals surface area (Å²) in [4.78, 5) is 30.2. The van der Waals surface area contributed by atoms with E-state index in [2.05, 4.69) is 51.6 Å². The zero-order valence-electron chi connectivity index (χ0n) is 19.3. The lowest BCUT2D eigenvalue weighted by atomic mass is 10.0. The first-order chi connectivity index (χ1) is 15.6. The molecule has 2 atom stereocenters. The summed E-state index contributed by atoms with van der Waals surface area (Å²) >= 11 is 0. The highest BCUT2D eigenvalue weighted by Gasteiger charge is 2.28. The first-order valence-electron chi connectivity index (χ1n) is 11.7. The third kappa shape index (κ3) is 6.90. The Labute approximate surface area is 192 Å². The van der Waals surface area contributed by atoms with Crippen molar-refractivity contribution in [1.82, 2.24) is 20.4 Å². The Balaban J connectivity index is 1.63. The van der Waals surface area contributed by atoms with E-state index in [1.165, 1.54) is 5.56 Å². The number of nitrogens with one attached hydrogen (secondary N) is 2. The number of hydrogen-bond donors (Lipinski definition) is 2. The molecule has 2 amide bonds. The van der Waals surface area contributed by atoms with E-state index >= 15 is 0 Å². The normalized spacial score (nSPS) is 17.7. The van der Waals surface area contributed by atoms with E-state index in [9.17, 15) is 9.59 Å². The van der Waals surface area contributed by atoms with Crippen molar-refractivity contribution in [3.8, 4) is 0 Å². The van der Waals surface area contributed by atoms with Crippen LogP contribution in [0.25, 0.3) is 0 Å². The van der Waals surface area contributed by atoms with Gasteiger partial charge < -0.3 is 10.6 Å². The Hall–Kier alpha value is -2.70. The molecule has 2 unspecified atom stereocenters. The van der Waals surface area contributed by atoms with Crippen molar-refractivity contribution in [3.05, 3.63) is 71.8 Å². The molecular formula is C26H36N4O2. The molecule has 6 nitrogen and oxygen atoms in total. The zero-order valence-corrected chi connectivity index (χ0v) is 19.3. The van der Waals surface area contributed by atoms with Crippen molar-refractivity contribution in [1.29, 1.82) is 0 Å². The minimum atomic E-state index is -0.682. The molecule has 0 aromatic heterocycles. The number of rotatable bonds is 10. The number of carbonyl (C=O) groups is 2. The SMILES string of the molecule is CCCN(CC(=O)NC(C(=O)NC)c1ccccc1)C1CCCN(Cc2ccccc2)C1. The second-order valence-corrected chi connectivity index (χ2v) is 8.51. The molecular weight excluding hydrogens is 400 g/mol. The van der Waals surface area contributed by atoms with Crippen LogP contribution in [-0.4, -0.2) is 60.9 Å². The van der Waals surface area contributed by atoms with E-state index in [-0.39, 0.29) is 11.8 Å². The molecule has 0 radical (unpaired) electrons. The molecule has 6 heteroatoms. The fraction of sp³-hybridized carbons (Fsp3) is 0.462. The number of hydrogen-bond acceptors (Lipinski definition) is 4. The second kappa shape index (κ2) is 12.4. The number of nitrogens with zero attached hydrogens (tertiary/aromatic N) is 2. The minimum absolute atomic E-state index is 0.115. The van der Waals surface area contributed by atoms with Gasteiger partial charge >= 0.3 is 0 Å². The van der Waals surface area contributed by atoms with Gasteiger partial charge in [0.15, 0.2) is 0 Å². The highest BCUT2D eigenvalue weighted by Crippen LogP contribution is 2.19. The second-order valence-electron chi connectivity index (χ2n) is 8.51.